The maximum Gasteiger partial charge on any atom is 0.246 e. The van der Waals surface area contributed by atoms with Gasteiger partial charge in [-0.25, -0.2) is 0 Å². The van der Waals surface area contributed by atoms with Gasteiger partial charge in [-0.15, -0.1) is 0 Å². The largest absolute Gasteiger partial charge is 0.324 e. The second-order valence-electron chi connectivity index (χ2n) is 6.87. The summed E-state index contributed by atoms with van der Waals surface area (Å²) in [7, 11) is 0. The Balaban J connectivity index is 1.52. The molecule has 2 aromatic carbocycles. The van der Waals surface area contributed by atoms with Crippen molar-refractivity contribution in [3.05, 3.63) is 70.5 Å². The highest BCUT2D eigenvalue weighted by molar-refractivity contribution is 5.92. The van der Waals surface area contributed by atoms with Gasteiger partial charge in [-0.3, -0.25) is 19.2 Å². The molecule has 1 fully saturated rings. The molecule has 3 aromatic rings. The van der Waals surface area contributed by atoms with Gasteiger partial charge in [0.05, 0.1) is 11.7 Å². The van der Waals surface area contributed by atoms with Gasteiger partial charge in [-0.1, -0.05) is 30.3 Å². The number of benzene rings is 2. The van der Waals surface area contributed by atoms with Gasteiger partial charge >= 0.3 is 0 Å². The smallest absolute Gasteiger partial charge is 0.246 e. The van der Waals surface area contributed by atoms with Crippen LogP contribution < -0.4 is 10.7 Å². The minimum absolute atomic E-state index is 0.0544. The maximum absolute atomic E-state index is 12.6. The molecule has 1 amide bonds. The fourth-order valence-electron chi connectivity index (χ4n) is 3.57. The number of rotatable bonds is 5. The second kappa shape index (κ2) is 7.72. The Bertz CT molecular complexity index is 1020. The first-order chi connectivity index (χ1) is 13.2. The van der Waals surface area contributed by atoms with E-state index >= 15 is 0 Å². The van der Waals surface area contributed by atoms with E-state index in [0.29, 0.717) is 10.9 Å². The van der Waals surface area contributed by atoms with Gasteiger partial charge in [0.1, 0.15) is 6.54 Å². The average Bonchev–Trinajstić information content (AvgIpc) is 3.19. The van der Waals surface area contributed by atoms with Crippen molar-refractivity contribution in [3.63, 3.8) is 0 Å². The molecule has 0 radical (unpaired) electrons. The summed E-state index contributed by atoms with van der Waals surface area (Å²) in [5.74, 6) is -0.162. The van der Waals surface area contributed by atoms with Crippen molar-refractivity contribution in [1.82, 2.24) is 14.7 Å². The van der Waals surface area contributed by atoms with Crippen molar-refractivity contribution in [1.29, 1.82) is 0 Å². The number of hydrogen-bond acceptors (Lipinski definition) is 4. The molecule has 1 aliphatic rings. The van der Waals surface area contributed by atoms with E-state index in [2.05, 4.69) is 21.4 Å². The summed E-state index contributed by atoms with van der Waals surface area (Å²) in [5.41, 5.74) is 2.47. The summed E-state index contributed by atoms with van der Waals surface area (Å²) < 4.78 is 1.56. The van der Waals surface area contributed by atoms with Crippen LogP contribution in [0.1, 0.15) is 18.4 Å². The third kappa shape index (κ3) is 3.90. The van der Waals surface area contributed by atoms with E-state index in [9.17, 15) is 9.59 Å². The van der Waals surface area contributed by atoms with Gasteiger partial charge in [0, 0.05) is 17.6 Å². The Kier molecular flexibility index (Phi) is 4.98. The predicted octanol–water partition coefficient (Wildman–Crippen LogP) is 2.63. The lowest BCUT2D eigenvalue weighted by Gasteiger charge is -2.18. The summed E-state index contributed by atoms with van der Waals surface area (Å²) in [6.45, 7) is 3.11. The third-order valence-corrected chi connectivity index (χ3v) is 4.94. The monoisotopic (exact) mass is 362 g/mol. The Hall–Kier alpha value is -2.99. The number of carbonyl (C=O) groups is 1. The van der Waals surface area contributed by atoms with E-state index in [-0.39, 0.29) is 17.9 Å². The third-order valence-electron chi connectivity index (χ3n) is 4.94. The first-order valence-electron chi connectivity index (χ1n) is 9.26. The van der Waals surface area contributed by atoms with Crippen LogP contribution in [0.4, 0.5) is 5.69 Å². The van der Waals surface area contributed by atoms with E-state index in [0.717, 1.165) is 30.9 Å². The SMILES string of the molecule is O=C(Cn1ncc(=O)c2ccccc21)Nc1ccccc1CN1CCCC1. The molecule has 0 bridgehead atoms. The molecule has 1 aromatic heterocycles. The molecule has 1 N–H and O–H groups in total. The summed E-state index contributed by atoms with van der Waals surface area (Å²) in [4.78, 5) is 27.0. The molecule has 0 atom stereocenters. The van der Waals surface area contributed by atoms with Crippen LogP contribution in [0.2, 0.25) is 0 Å². The first kappa shape index (κ1) is 17.4. The van der Waals surface area contributed by atoms with Crippen LogP contribution in [-0.4, -0.2) is 33.7 Å². The molecule has 2 heterocycles. The first-order valence-corrected chi connectivity index (χ1v) is 9.26. The van der Waals surface area contributed by atoms with Gasteiger partial charge in [0.2, 0.25) is 11.3 Å². The number of carbonyl (C=O) groups excluding carboxylic acids is 1. The van der Waals surface area contributed by atoms with Crippen LogP contribution in [0.15, 0.2) is 59.5 Å². The summed E-state index contributed by atoms with van der Waals surface area (Å²) in [6, 6.07) is 15.1. The Morgan fingerprint density at radius 2 is 1.78 bits per heavy atom. The molecule has 0 spiro atoms. The number of fused-ring (bicyclic) bond motifs is 1. The van der Waals surface area contributed by atoms with Crippen molar-refractivity contribution >= 4 is 22.5 Å². The number of likely N-dealkylation sites (tertiary alicyclic amines) is 1. The quantitative estimate of drug-likeness (QED) is 0.758. The Labute approximate surface area is 157 Å². The van der Waals surface area contributed by atoms with Crippen molar-refractivity contribution in [2.75, 3.05) is 18.4 Å². The number of nitrogens with zero attached hydrogens (tertiary/aromatic N) is 3. The molecule has 6 nitrogen and oxygen atoms in total. The van der Waals surface area contributed by atoms with Gasteiger partial charge < -0.3 is 5.32 Å². The Morgan fingerprint density at radius 1 is 1.04 bits per heavy atom. The minimum Gasteiger partial charge on any atom is -0.324 e. The number of aromatic nitrogens is 2. The van der Waals surface area contributed by atoms with Gasteiger partial charge in [-0.2, -0.15) is 5.10 Å². The van der Waals surface area contributed by atoms with E-state index < -0.39 is 0 Å². The molecule has 138 valence electrons. The van der Waals surface area contributed by atoms with E-state index in [1.165, 1.54) is 19.0 Å². The average molecular weight is 362 g/mol. The van der Waals surface area contributed by atoms with Crippen molar-refractivity contribution in [3.8, 4) is 0 Å². The zero-order valence-electron chi connectivity index (χ0n) is 15.1. The van der Waals surface area contributed by atoms with Crippen LogP contribution in [0, 0.1) is 0 Å². The fourth-order valence-corrected chi connectivity index (χ4v) is 3.57. The number of amides is 1. The summed E-state index contributed by atoms with van der Waals surface area (Å²) >= 11 is 0. The van der Waals surface area contributed by atoms with Crippen molar-refractivity contribution in [2.45, 2.75) is 25.9 Å². The molecule has 0 aliphatic carbocycles. The molecule has 1 saturated heterocycles. The summed E-state index contributed by atoms with van der Waals surface area (Å²) in [6.07, 6.45) is 3.73. The molecule has 0 saturated carbocycles. The maximum atomic E-state index is 12.6. The van der Waals surface area contributed by atoms with Crippen LogP contribution in [-0.2, 0) is 17.9 Å². The van der Waals surface area contributed by atoms with Crippen LogP contribution in [0.3, 0.4) is 0 Å². The fraction of sp³-hybridized carbons (Fsp3) is 0.286. The molecule has 1 aliphatic heterocycles. The van der Waals surface area contributed by atoms with E-state index in [1.54, 1.807) is 16.8 Å². The topological polar surface area (TPSA) is 67.2 Å². The van der Waals surface area contributed by atoms with E-state index in [1.807, 2.05) is 30.3 Å². The molecule has 0 unspecified atom stereocenters. The zero-order chi connectivity index (χ0) is 18.6. The molecule has 6 heteroatoms. The highest BCUT2D eigenvalue weighted by atomic mass is 16.2. The number of nitrogens with one attached hydrogen (secondary N) is 1. The molecule has 4 rings (SSSR count). The second-order valence-corrected chi connectivity index (χ2v) is 6.87. The minimum atomic E-state index is -0.162. The van der Waals surface area contributed by atoms with Crippen molar-refractivity contribution in [2.24, 2.45) is 0 Å². The van der Waals surface area contributed by atoms with Gasteiger partial charge in [-0.05, 0) is 49.7 Å². The van der Waals surface area contributed by atoms with Crippen LogP contribution >= 0.6 is 0 Å². The number of para-hydroxylation sites is 2. The highest BCUT2D eigenvalue weighted by Gasteiger charge is 2.15. The van der Waals surface area contributed by atoms with Crippen LogP contribution in [0.5, 0.6) is 0 Å². The Morgan fingerprint density at radius 3 is 2.63 bits per heavy atom. The number of hydrogen-bond donors (Lipinski definition) is 1. The zero-order valence-corrected chi connectivity index (χ0v) is 15.1. The lowest BCUT2D eigenvalue weighted by atomic mass is 10.1. The van der Waals surface area contributed by atoms with Gasteiger partial charge in [0.15, 0.2) is 0 Å². The lowest BCUT2D eigenvalue weighted by Crippen LogP contribution is -2.24. The highest BCUT2D eigenvalue weighted by Crippen LogP contribution is 2.20. The molecular formula is C21H22N4O2. The van der Waals surface area contributed by atoms with Gasteiger partial charge in [0.25, 0.3) is 0 Å². The number of anilines is 1. The lowest BCUT2D eigenvalue weighted by molar-refractivity contribution is -0.116. The predicted molar refractivity (Wildman–Crippen MR) is 106 cm³/mol. The summed E-state index contributed by atoms with van der Waals surface area (Å²) in [5, 5.41) is 7.70. The normalized spacial score (nSPS) is 14.5. The molecule has 27 heavy (non-hydrogen) atoms. The van der Waals surface area contributed by atoms with Crippen molar-refractivity contribution < 1.29 is 4.79 Å². The van der Waals surface area contributed by atoms with E-state index in [4.69, 9.17) is 0 Å². The molecular weight excluding hydrogens is 340 g/mol. The standard InChI is InChI=1S/C21H22N4O2/c26-20-13-22-25(19-10-4-2-8-17(19)20)15-21(27)23-18-9-3-1-7-16(18)14-24-11-5-6-12-24/h1-4,7-10,13H,5-6,11-12,14-15H2,(H,23,27). The van der Waals surface area contributed by atoms with Crippen LogP contribution in [0.25, 0.3) is 10.9 Å².